The van der Waals surface area contributed by atoms with Crippen molar-refractivity contribution in [2.75, 3.05) is 0 Å². The lowest BCUT2D eigenvalue weighted by atomic mass is 9.84. The monoisotopic (exact) mass is 224 g/mol. The van der Waals surface area contributed by atoms with Crippen LogP contribution in [0.5, 0.6) is 0 Å². The van der Waals surface area contributed by atoms with Gasteiger partial charge in [-0.3, -0.25) is 0 Å². The molecule has 1 aliphatic carbocycles. The average molecular weight is 224 g/mol. The molecular weight excluding hydrogens is 200 g/mol. The number of furan rings is 1. The molecule has 1 aliphatic rings. The van der Waals surface area contributed by atoms with Crippen molar-refractivity contribution in [1.29, 1.82) is 0 Å². The standard InChI is InChI=1S/C12H18O2.C2H6/c1-8(2)11-7-9-10(14-11)5-4-6-12(9,3)13;1-2/h7-8,13H,4-6H2,1-3H3;1-2H3. The van der Waals surface area contributed by atoms with Crippen LogP contribution in [0.25, 0.3) is 0 Å². The summed E-state index contributed by atoms with van der Waals surface area (Å²) in [4.78, 5) is 0. The molecule has 1 heterocycles. The van der Waals surface area contributed by atoms with E-state index < -0.39 is 5.60 Å². The van der Waals surface area contributed by atoms with E-state index >= 15 is 0 Å². The molecule has 1 atom stereocenters. The molecule has 1 N–H and O–H groups in total. The Morgan fingerprint density at radius 3 is 2.50 bits per heavy atom. The molecule has 2 heteroatoms. The van der Waals surface area contributed by atoms with Gasteiger partial charge in [0, 0.05) is 17.9 Å². The summed E-state index contributed by atoms with van der Waals surface area (Å²) in [5.41, 5.74) is 0.331. The molecule has 0 aliphatic heterocycles. The minimum absolute atomic E-state index is 0.399. The van der Waals surface area contributed by atoms with Gasteiger partial charge in [-0.1, -0.05) is 27.7 Å². The third-order valence-electron chi connectivity index (χ3n) is 3.04. The largest absolute Gasteiger partial charge is 0.465 e. The van der Waals surface area contributed by atoms with Crippen molar-refractivity contribution in [2.45, 2.75) is 65.4 Å². The van der Waals surface area contributed by atoms with E-state index in [1.54, 1.807) is 0 Å². The van der Waals surface area contributed by atoms with Crippen molar-refractivity contribution in [1.82, 2.24) is 0 Å². The van der Waals surface area contributed by atoms with Gasteiger partial charge in [-0.15, -0.1) is 0 Å². The van der Waals surface area contributed by atoms with Crippen LogP contribution in [0.3, 0.4) is 0 Å². The van der Waals surface area contributed by atoms with Gasteiger partial charge in [-0.05, 0) is 25.8 Å². The van der Waals surface area contributed by atoms with Gasteiger partial charge in [0.25, 0.3) is 0 Å². The second-order valence-electron chi connectivity index (χ2n) is 4.77. The Balaban J connectivity index is 0.000000606. The fourth-order valence-corrected chi connectivity index (χ4v) is 2.10. The van der Waals surface area contributed by atoms with Gasteiger partial charge >= 0.3 is 0 Å². The van der Waals surface area contributed by atoms with Crippen LogP contribution in [0.1, 0.15) is 70.5 Å². The molecule has 92 valence electrons. The molecule has 0 radical (unpaired) electrons. The smallest absolute Gasteiger partial charge is 0.110 e. The van der Waals surface area contributed by atoms with Crippen LogP contribution in [0.2, 0.25) is 0 Å². The molecule has 0 bridgehead atoms. The summed E-state index contributed by atoms with van der Waals surface area (Å²) < 4.78 is 5.74. The van der Waals surface area contributed by atoms with Crippen LogP contribution in [0.15, 0.2) is 10.5 Å². The summed E-state index contributed by atoms with van der Waals surface area (Å²) in [5, 5.41) is 10.2. The second kappa shape index (κ2) is 5.05. The third-order valence-corrected chi connectivity index (χ3v) is 3.04. The Hall–Kier alpha value is -0.760. The maximum atomic E-state index is 10.2. The highest BCUT2D eigenvalue weighted by Gasteiger charge is 2.32. The van der Waals surface area contributed by atoms with E-state index in [9.17, 15) is 5.11 Å². The molecule has 16 heavy (non-hydrogen) atoms. The average Bonchev–Trinajstić information content (AvgIpc) is 2.66. The molecule has 1 unspecified atom stereocenters. The van der Waals surface area contributed by atoms with E-state index in [0.717, 1.165) is 36.3 Å². The molecule has 0 fully saturated rings. The fraction of sp³-hybridized carbons (Fsp3) is 0.714. The van der Waals surface area contributed by atoms with Gasteiger partial charge < -0.3 is 9.52 Å². The first-order valence-electron chi connectivity index (χ1n) is 6.36. The van der Waals surface area contributed by atoms with Gasteiger partial charge in [0.05, 0.1) is 5.60 Å². The molecule has 2 rings (SSSR count). The first-order valence-corrected chi connectivity index (χ1v) is 6.36. The van der Waals surface area contributed by atoms with Gasteiger partial charge in [-0.25, -0.2) is 0 Å². The Bertz CT molecular complexity index is 335. The SMILES string of the molecule is CC.CC(C)c1cc2c(o1)CCCC2(C)O. The van der Waals surface area contributed by atoms with E-state index in [1.165, 1.54) is 0 Å². The van der Waals surface area contributed by atoms with E-state index in [0.29, 0.717) is 5.92 Å². The van der Waals surface area contributed by atoms with Crippen molar-refractivity contribution in [2.24, 2.45) is 0 Å². The van der Waals surface area contributed by atoms with Gasteiger partial charge in [0.1, 0.15) is 11.5 Å². The van der Waals surface area contributed by atoms with Crippen molar-refractivity contribution < 1.29 is 9.52 Å². The summed E-state index contributed by atoms with van der Waals surface area (Å²) in [5.74, 6) is 2.39. The van der Waals surface area contributed by atoms with Gasteiger partial charge in [-0.2, -0.15) is 0 Å². The van der Waals surface area contributed by atoms with Crippen LogP contribution in [-0.2, 0) is 12.0 Å². The zero-order chi connectivity index (χ0) is 12.3. The summed E-state index contributed by atoms with van der Waals surface area (Å²) in [7, 11) is 0. The number of aryl methyl sites for hydroxylation is 1. The second-order valence-corrected chi connectivity index (χ2v) is 4.77. The molecule has 1 aromatic heterocycles. The van der Waals surface area contributed by atoms with Crippen molar-refractivity contribution in [3.63, 3.8) is 0 Å². The predicted molar refractivity (Wildman–Crippen MR) is 66.7 cm³/mol. The van der Waals surface area contributed by atoms with E-state index in [1.807, 2.05) is 26.8 Å². The normalized spacial score (nSPS) is 23.7. The molecule has 0 amide bonds. The van der Waals surface area contributed by atoms with Crippen LogP contribution in [0, 0.1) is 0 Å². The molecule has 0 saturated carbocycles. The third kappa shape index (κ3) is 2.49. The molecule has 0 saturated heterocycles. The fourth-order valence-electron chi connectivity index (χ4n) is 2.10. The first-order chi connectivity index (χ1) is 7.50. The van der Waals surface area contributed by atoms with Crippen LogP contribution >= 0.6 is 0 Å². The van der Waals surface area contributed by atoms with Crippen LogP contribution in [0.4, 0.5) is 0 Å². The first kappa shape index (κ1) is 13.3. The summed E-state index contributed by atoms with van der Waals surface area (Å²) in [6.07, 6.45) is 2.83. The zero-order valence-electron chi connectivity index (χ0n) is 11.1. The van der Waals surface area contributed by atoms with Gasteiger partial charge in [0.15, 0.2) is 0 Å². The Morgan fingerprint density at radius 1 is 1.38 bits per heavy atom. The van der Waals surface area contributed by atoms with Crippen molar-refractivity contribution >= 4 is 0 Å². The molecule has 0 spiro atoms. The molecule has 2 nitrogen and oxygen atoms in total. The van der Waals surface area contributed by atoms with Crippen molar-refractivity contribution in [3.8, 4) is 0 Å². The molecule has 0 aromatic carbocycles. The molecular formula is C14H24O2. The van der Waals surface area contributed by atoms with Gasteiger partial charge in [0.2, 0.25) is 0 Å². The molecule has 1 aromatic rings. The lowest BCUT2D eigenvalue weighted by molar-refractivity contribution is 0.0363. The lowest BCUT2D eigenvalue weighted by Crippen LogP contribution is -2.25. The number of aliphatic hydroxyl groups is 1. The Labute approximate surface area is 98.7 Å². The highest BCUT2D eigenvalue weighted by atomic mass is 16.3. The quantitative estimate of drug-likeness (QED) is 0.783. The highest BCUT2D eigenvalue weighted by molar-refractivity contribution is 5.30. The number of fused-ring (bicyclic) bond motifs is 1. The predicted octanol–water partition coefficient (Wildman–Crippen LogP) is 3.97. The van der Waals surface area contributed by atoms with E-state index in [2.05, 4.69) is 13.8 Å². The number of hydrogen-bond acceptors (Lipinski definition) is 2. The number of hydrogen-bond donors (Lipinski definition) is 1. The Morgan fingerprint density at radius 2 is 2.00 bits per heavy atom. The topological polar surface area (TPSA) is 33.4 Å². The minimum Gasteiger partial charge on any atom is -0.465 e. The number of rotatable bonds is 1. The van der Waals surface area contributed by atoms with Crippen molar-refractivity contribution in [3.05, 3.63) is 23.2 Å². The lowest BCUT2D eigenvalue weighted by Gasteiger charge is -2.27. The maximum absolute atomic E-state index is 10.2. The zero-order valence-corrected chi connectivity index (χ0v) is 11.1. The summed E-state index contributed by atoms with van der Waals surface area (Å²) in [6, 6.07) is 2.03. The summed E-state index contributed by atoms with van der Waals surface area (Å²) in [6.45, 7) is 10.1. The van der Waals surface area contributed by atoms with E-state index in [-0.39, 0.29) is 0 Å². The maximum Gasteiger partial charge on any atom is 0.110 e. The van der Waals surface area contributed by atoms with Crippen LogP contribution in [-0.4, -0.2) is 5.11 Å². The van der Waals surface area contributed by atoms with Crippen LogP contribution < -0.4 is 0 Å². The highest BCUT2D eigenvalue weighted by Crippen LogP contribution is 2.38. The Kier molecular flexibility index (Phi) is 4.20. The van der Waals surface area contributed by atoms with E-state index in [4.69, 9.17) is 4.42 Å². The summed E-state index contributed by atoms with van der Waals surface area (Å²) >= 11 is 0. The minimum atomic E-state index is -0.676.